The minimum Gasteiger partial charge on any atom is -0.508 e. The minimum absolute atomic E-state index is 0.472. The van der Waals surface area contributed by atoms with Crippen LogP contribution < -0.4 is 0 Å². The Morgan fingerprint density at radius 1 is 1.27 bits per heavy atom. The quantitative estimate of drug-likeness (QED) is 0.748. The highest BCUT2D eigenvalue weighted by Crippen LogP contribution is 2.26. The Hall–Kier alpha value is -1.98. The summed E-state index contributed by atoms with van der Waals surface area (Å²) in [5.74, 6) is -7.75. The molecule has 0 aliphatic carbocycles. The summed E-state index contributed by atoms with van der Waals surface area (Å²) in [6.07, 6.45) is 0. The van der Waals surface area contributed by atoms with E-state index in [0.717, 1.165) is 12.1 Å². The Balaban J connectivity index is 3.29. The molecule has 3 nitrogen and oxygen atoms in total. The topological polar surface area (TPSA) is 57.5 Å². The number of benzene rings is 1. The Morgan fingerprint density at radius 2 is 1.87 bits per heavy atom. The van der Waals surface area contributed by atoms with Gasteiger partial charge in [-0.05, 0) is 12.1 Å². The predicted octanol–water partition coefficient (Wildman–Crippen LogP) is 2.22. The molecule has 0 amide bonds. The van der Waals surface area contributed by atoms with Crippen LogP contribution >= 0.6 is 0 Å². The van der Waals surface area contributed by atoms with Crippen molar-refractivity contribution in [3.63, 3.8) is 0 Å². The van der Waals surface area contributed by atoms with Crippen molar-refractivity contribution in [2.24, 2.45) is 0 Å². The van der Waals surface area contributed by atoms with E-state index in [9.17, 15) is 18.0 Å². The number of phenols is 1. The molecule has 0 spiro atoms. The molecule has 6 heteroatoms. The molecule has 2 N–H and O–H groups in total. The Morgan fingerprint density at radius 3 is 2.33 bits per heavy atom. The molecule has 0 saturated heterocycles. The van der Waals surface area contributed by atoms with Crippen LogP contribution in [0.5, 0.6) is 5.75 Å². The molecule has 0 bridgehead atoms. The molecular formula is C9H5F3O3. The number of rotatable bonds is 2. The fraction of sp³-hybridized carbons (Fsp3) is 0. The Kier molecular flexibility index (Phi) is 2.99. The van der Waals surface area contributed by atoms with Gasteiger partial charge in [-0.15, -0.1) is 0 Å². The first-order valence-electron chi connectivity index (χ1n) is 3.71. The smallest absolute Gasteiger partial charge is 0.367 e. The van der Waals surface area contributed by atoms with Crippen molar-refractivity contribution in [3.8, 4) is 5.75 Å². The van der Waals surface area contributed by atoms with Crippen molar-refractivity contribution in [3.05, 3.63) is 35.4 Å². The van der Waals surface area contributed by atoms with Crippen molar-refractivity contribution >= 4 is 11.8 Å². The van der Waals surface area contributed by atoms with Crippen LogP contribution in [0.3, 0.4) is 0 Å². The lowest BCUT2D eigenvalue weighted by Crippen LogP contribution is -1.98. The summed E-state index contributed by atoms with van der Waals surface area (Å²) in [4.78, 5) is 10.0. The van der Waals surface area contributed by atoms with Crippen molar-refractivity contribution in [2.75, 3.05) is 0 Å². The molecule has 0 fully saturated rings. The summed E-state index contributed by atoms with van der Waals surface area (Å²) in [5.41, 5.74) is -0.854. The average Bonchev–Trinajstić information content (AvgIpc) is 2.15. The molecule has 0 aliphatic rings. The minimum atomic E-state index is -2.13. The lowest BCUT2D eigenvalue weighted by molar-refractivity contribution is -0.134. The summed E-state index contributed by atoms with van der Waals surface area (Å²) in [7, 11) is 0. The predicted molar refractivity (Wildman–Crippen MR) is 44.8 cm³/mol. The van der Waals surface area contributed by atoms with Gasteiger partial charge in [0.15, 0.2) is 5.83 Å². The highest BCUT2D eigenvalue weighted by atomic mass is 19.2. The van der Waals surface area contributed by atoms with Gasteiger partial charge in [-0.2, -0.15) is 4.39 Å². The van der Waals surface area contributed by atoms with Gasteiger partial charge in [0.2, 0.25) is 5.83 Å². The lowest BCUT2D eigenvalue weighted by atomic mass is 10.1. The molecule has 1 rings (SSSR count). The van der Waals surface area contributed by atoms with Crippen LogP contribution in [0.25, 0.3) is 5.83 Å². The fourth-order valence-corrected chi connectivity index (χ4v) is 0.894. The van der Waals surface area contributed by atoms with Crippen LogP contribution in [0.2, 0.25) is 0 Å². The summed E-state index contributed by atoms with van der Waals surface area (Å²) in [5, 5.41) is 16.9. The van der Waals surface area contributed by atoms with E-state index in [-0.39, 0.29) is 0 Å². The van der Waals surface area contributed by atoms with E-state index in [1.807, 2.05) is 0 Å². The highest BCUT2D eigenvalue weighted by Gasteiger charge is 2.18. The number of carboxylic acid groups (broad SMARTS) is 1. The molecule has 1 aromatic rings. The summed E-state index contributed by atoms with van der Waals surface area (Å²) in [6, 6.07) is 2.19. The zero-order valence-electron chi connectivity index (χ0n) is 7.17. The maximum atomic E-state index is 13.0. The molecule has 1 aromatic carbocycles. The van der Waals surface area contributed by atoms with E-state index in [1.165, 1.54) is 0 Å². The summed E-state index contributed by atoms with van der Waals surface area (Å²) >= 11 is 0. The van der Waals surface area contributed by atoms with Crippen LogP contribution in [0, 0.1) is 5.82 Å². The molecule has 0 radical (unpaired) electrons. The third kappa shape index (κ3) is 2.28. The first-order chi connectivity index (χ1) is 6.93. The number of hydrogen-bond acceptors (Lipinski definition) is 2. The van der Waals surface area contributed by atoms with Crippen molar-refractivity contribution in [2.45, 2.75) is 0 Å². The number of phenolic OH excluding ortho intramolecular Hbond substituents is 1. The second-order valence-electron chi connectivity index (χ2n) is 2.60. The zero-order valence-corrected chi connectivity index (χ0v) is 7.17. The van der Waals surface area contributed by atoms with Crippen molar-refractivity contribution in [1.82, 2.24) is 0 Å². The van der Waals surface area contributed by atoms with E-state index < -0.39 is 34.8 Å². The van der Waals surface area contributed by atoms with Gasteiger partial charge in [-0.3, -0.25) is 0 Å². The van der Waals surface area contributed by atoms with E-state index in [0.29, 0.717) is 6.07 Å². The van der Waals surface area contributed by atoms with E-state index >= 15 is 0 Å². The number of carbonyl (C=O) groups is 1. The van der Waals surface area contributed by atoms with E-state index in [1.54, 1.807) is 0 Å². The molecule has 0 atom stereocenters. The second-order valence-corrected chi connectivity index (χ2v) is 2.60. The van der Waals surface area contributed by atoms with Gasteiger partial charge >= 0.3 is 5.97 Å². The van der Waals surface area contributed by atoms with Gasteiger partial charge in [-0.1, -0.05) is 0 Å². The number of aliphatic carboxylic acids is 1. The first kappa shape index (κ1) is 11.1. The van der Waals surface area contributed by atoms with Crippen molar-refractivity contribution < 1.29 is 28.2 Å². The normalized spacial score (nSPS) is 12.2. The first-order valence-corrected chi connectivity index (χ1v) is 3.71. The monoisotopic (exact) mass is 218 g/mol. The van der Waals surface area contributed by atoms with Crippen LogP contribution in [0.1, 0.15) is 5.56 Å². The van der Waals surface area contributed by atoms with Crippen LogP contribution in [-0.2, 0) is 4.79 Å². The number of hydrogen-bond donors (Lipinski definition) is 2. The number of halogens is 3. The summed E-state index contributed by atoms with van der Waals surface area (Å²) in [6.45, 7) is 0. The van der Waals surface area contributed by atoms with Crippen molar-refractivity contribution in [1.29, 1.82) is 0 Å². The SMILES string of the molecule is O=C(O)/C(F)=C(\F)c1ccc(O)cc1F. The molecule has 80 valence electrons. The second kappa shape index (κ2) is 4.04. The van der Waals surface area contributed by atoms with Gasteiger partial charge in [0.25, 0.3) is 0 Å². The molecule has 0 aliphatic heterocycles. The van der Waals surface area contributed by atoms with Crippen LogP contribution in [0.15, 0.2) is 24.0 Å². The number of carboxylic acids is 1. The lowest BCUT2D eigenvalue weighted by Gasteiger charge is -2.00. The maximum absolute atomic E-state index is 13.0. The summed E-state index contributed by atoms with van der Waals surface area (Å²) < 4.78 is 38.5. The van der Waals surface area contributed by atoms with E-state index in [4.69, 9.17) is 10.2 Å². The van der Waals surface area contributed by atoms with Gasteiger partial charge in [0, 0.05) is 11.6 Å². The standard InChI is InChI=1S/C9H5F3O3/c10-6-3-4(13)1-2-5(6)7(11)8(12)9(14)15/h1-3,13H,(H,14,15)/b8-7+. The highest BCUT2D eigenvalue weighted by molar-refractivity contribution is 5.92. The fourth-order valence-electron chi connectivity index (χ4n) is 0.894. The molecule has 0 saturated carbocycles. The molecule has 0 heterocycles. The Labute approximate surface area is 82.1 Å². The maximum Gasteiger partial charge on any atom is 0.367 e. The molecule has 0 aromatic heterocycles. The van der Waals surface area contributed by atoms with Gasteiger partial charge in [0.05, 0.1) is 0 Å². The van der Waals surface area contributed by atoms with Crippen LogP contribution in [0.4, 0.5) is 13.2 Å². The van der Waals surface area contributed by atoms with Gasteiger partial charge < -0.3 is 10.2 Å². The third-order valence-electron chi connectivity index (χ3n) is 1.57. The largest absolute Gasteiger partial charge is 0.508 e. The number of aromatic hydroxyl groups is 1. The van der Waals surface area contributed by atoms with Crippen LogP contribution in [-0.4, -0.2) is 16.2 Å². The van der Waals surface area contributed by atoms with Gasteiger partial charge in [0.1, 0.15) is 11.6 Å². The average molecular weight is 218 g/mol. The zero-order chi connectivity index (χ0) is 11.6. The molecular weight excluding hydrogens is 213 g/mol. The molecule has 0 unspecified atom stereocenters. The van der Waals surface area contributed by atoms with E-state index in [2.05, 4.69) is 0 Å². The Bertz CT molecular complexity index is 440. The third-order valence-corrected chi connectivity index (χ3v) is 1.57. The molecule has 15 heavy (non-hydrogen) atoms. The van der Waals surface area contributed by atoms with Gasteiger partial charge in [-0.25, -0.2) is 13.6 Å².